The van der Waals surface area contributed by atoms with Gasteiger partial charge in [0.15, 0.2) is 28.5 Å². The molecule has 1 aromatic rings. The third-order valence-corrected chi connectivity index (χ3v) is 19.2. The molecule has 14 nitrogen and oxygen atoms in total. The number of ether oxygens (including phenoxy) is 1. The molecule has 248 valence electrons. The van der Waals surface area contributed by atoms with E-state index in [4.69, 9.17) is 23.5 Å². The highest BCUT2D eigenvalue weighted by molar-refractivity contribution is 7.90. The summed E-state index contributed by atoms with van der Waals surface area (Å²) in [6.45, 7) is 21.1. The highest BCUT2D eigenvalue weighted by Gasteiger charge is 2.68. The molecule has 3 rings (SSSR count). The highest BCUT2D eigenvalue weighted by atomic mass is 32.2. The fourth-order valence-corrected chi connectivity index (χ4v) is 8.05. The molecule has 2 aliphatic heterocycles. The second kappa shape index (κ2) is 11.4. The van der Waals surface area contributed by atoms with Gasteiger partial charge in [-0.15, -0.1) is 0 Å². The molecule has 3 heterocycles. The molecule has 1 fully saturated rings. The van der Waals surface area contributed by atoms with Gasteiger partial charge in [-0.25, -0.2) is 8.98 Å². The van der Waals surface area contributed by atoms with E-state index in [9.17, 15) is 27.6 Å². The number of rotatable bonds is 7. The van der Waals surface area contributed by atoms with E-state index in [0.29, 0.717) is 5.41 Å². The van der Waals surface area contributed by atoms with Gasteiger partial charge in [-0.05, 0) is 43.2 Å². The molecule has 1 spiro atoms. The maximum absolute atomic E-state index is 13.5. The molecule has 3 N–H and O–H groups in total. The lowest BCUT2D eigenvalue weighted by Gasteiger charge is -2.44. The van der Waals surface area contributed by atoms with Crippen molar-refractivity contribution in [1.82, 2.24) is 14.5 Å². The number of nitrogens with two attached hydrogens (primary N) is 1. The summed E-state index contributed by atoms with van der Waals surface area (Å²) < 4.78 is 54.2. The standard InChI is InChI=1S/C27H46N4O10SSi2/c1-16-13-31(24(35)30(8)22(16)34)23-19(40-44(11,12)26(5,6)7)27(18(39-23)14-38-43(9,10)25(2,3)4)17(15-42(36,37)41-27)29-21(33)20(28)32/h13,15,18-19,23H,14H2,1-12H3,(H2,28,32)(H,29,33)/t18-,19+,23-,27?/m1/s1. The number of primary amides is 1. The third kappa shape index (κ3) is 6.45. The van der Waals surface area contributed by atoms with Gasteiger partial charge in [0.25, 0.3) is 15.7 Å². The Kier molecular flexibility index (Phi) is 9.37. The van der Waals surface area contributed by atoms with Gasteiger partial charge in [-0.3, -0.25) is 23.5 Å². The SMILES string of the molecule is Cc1cn([C@@H]2O[C@H](CO[Si](C)(C)C(C)(C)C)C3(OS(=O)(=O)C=C3NC(=O)C(N)=O)[C@H]2O[Si](C)(C)C(C)(C)C)c(=O)n(C)c1=O. The van der Waals surface area contributed by atoms with Gasteiger partial charge < -0.3 is 24.6 Å². The summed E-state index contributed by atoms with van der Waals surface area (Å²) >= 11 is 0. The van der Waals surface area contributed by atoms with Crippen molar-refractivity contribution < 1.29 is 35.8 Å². The zero-order valence-electron chi connectivity index (χ0n) is 27.6. The van der Waals surface area contributed by atoms with Gasteiger partial charge in [0.2, 0.25) is 0 Å². The van der Waals surface area contributed by atoms with Gasteiger partial charge in [-0.2, -0.15) is 8.42 Å². The fraction of sp³-hybridized carbons (Fsp3) is 0.704. The molecule has 0 saturated carbocycles. The van der Waals surface area contributed by atoms with Crippen molar-refractivity contribution in [1.29, 1.82) is 0 Å². The van der Waals surface area contributed by atoms with Crippen LogP contribution in [0.3, 0.4) is 0 Å². The molecular weight excluding hydrogens is 629 g/mol. The number of hydrogen-bond donors (Lipinski definition) is 2. The number of nitrogens with zero attached hydrogens (tertiary/aromatic N) is 2. The fourth-order valence-electron chi connectivity index (χ4n) is 4.51. The minimum Gasteiger partial charge on any atom is -0.414 e. The van der Waals surface area contributed by atoms with E-state index in [1.54, 1.807) is 0 Å². The first kappa shape index (κ1) is 36.1. The molecule has 0 aliphatic carbocycles. The summed E-state index contributed by atoms with van der Waals surface area (Å²) in [4.78, 5) is 50.6. The average Bonchev–Trinajstić information content (AvgIpc) is 3.29. The first-order valence-corrected chi connectivity index (χ1v) is 21.5. The van der Waals surface area contributed by atoms with Crippen LogP contribution in [0.2, 0.25) is 36.3 Å². The molecule has 1 unspecified atom stereocenters. The summed E-state index contributed by atoms with van der Waals surface area (Å²) in [5.74, 6) is -2.65. The van der Waals surface area contributed by atoms with Crippen molar-refractivity contribution >= 4 is 38.6 Å². The molecule has 0 radical (unpaired) electrons. The van der Waals surface area contributed by atoms with E-state index < -0.39 is 78.9 Å². The van der Waals surface area contributed by atoms with Crippen LogP contribution in [0.1, 0.15) is 53.3 Å². The van der Waals surface area contributed by atoms with Crippen LogP contribution in [0.4, 0.5) is 0 Å². The smallest absolute Gasteiger partial charge is 0.332 e. The lowest BCUT2D eigenvalue weighted by atomic mass is 9.89. The van der Waals surface area contributed by atoms with Crippen LogP contribution < -0.4 is 22.3 Å². The predicted octanol–water partition coefficient (Wildman–Crippen LogP) is 1.71. The first-order valence-electron chi connectivity index (χ1n) is 14.2. The van der Waals surface area contributed by atoms with Crippen LogP contribution in [0, 0.1) is 6.92 Å². The van der Waals surface area contributed by atoms with Crippen molar-refractivity contribution in [3.05, 3.63) is 43.7 Å². The van der Waals surface area contributed by atoms with Crippen LogP contribution in [-0.2, 0) is 44.5 Å². The van der Waals surface area contributed by atoms with Gasteiger partial charge >= 0.3 is 17.5 Å². The van der Waals surface area contributed by atoms with Crippen molar-refractivity contribution in [2.75, 3.05) is 6.61 Å². The first-order chi connectivity index (χ1) is 19.7. The topological polar surface area (TPSA) is 187 Å². The quantitative estimate of drug-likeness (QED) is 0.245. The second-order valence-corrected chi connectivity index (χ2v) is 25.4. The lowest BCUT2D eigenvalue weighted by Crippen LogP contribution is -2.60. The van der Waals surface area contributed by atoms with E-state index in [-0.39, 0.29) is 22.9 Å². The van der Waals surface area contributed by atoms with Crippen LogP contribution >= 0.6 is 0 Å². The Labute approximate surface area is 260 Å². The van der Waals surface area contributed by atoms with Crippen LogP contribution in [-0.4, -0.2) is 70.4 Å². The second-order valence-electron chi connectivity index (χ2n) is 14.5. The van der Waals surface area contributed by atoms with Gasteiger partial charge in [0, 0.05) is 18.8 Å². The molecule has 4 atom stereocenters. The largest absolute Gasteiger partial charge is 0.414 e. The van der Waals surface area contributed by atoms with Gasteiger partial charge in [0.05, 0.1) is 17.7 Å². The predicted molar refractivity (Wildman–Crippen MR) is 168 cm³/mol. The van der Waals surface area contributed by atoms with Crippen LogP contribution in [0.25, 0.3) is 0 Å². The van der Waals surface area contributed by atoms with E-state index >= 15 is 0 Å². The highest BCUT2D eigenvalue weighted by Crippen LogP contribution is 2.52. The zero-order chi connectivity index (χ0) is 34.0. The maximum atomic E-state index is 13.5. The van der Waals surface area contributed by atoms with Crippen molar-refractivity contribution in [3.63, 3.8) is 0 Å². The average molecular weight is 675 g/mol. The molecule has 0 bridgehead atoms. The number of aryl methyl sites for hydroxylation is 1. The van der Waals surface area contributed by atoms with E-state index in [1.165, 1.54) is 20.2 Å². The molecule has 0 aromatic carbocycles. The van der Waals surface area contributed by atoms with Crippen molar-refractivity contribution in [2.24, 2.45) is 12.8 Å². The molecular formula is C27H46N4O10SSi2. The molecule has 2 amide bonds. The summed E-state index contributed by atoms with van der Waals surface area (Å²) in [5, 5.41) is 2.33. The Morgan fingerprint density at radius 1 is 1.07 bits per heavy atom. The number of amides is 2. The van der Waals surface area contributed by atoms with Crippen molar-refractivity contribution in [3.8, 4) is 0 Å². The molecule has 17 heteroatoms. The summed E-state index contributed by atoms with van der Waals surface area (Å²) in [6.07, 6.45) is -2.70. The van der Waals surface area contributed by atoms with Crippen LogP contribution in [0.15, 0.2) is 26.9 Å². The molecule has 2 aliphatic rings. The van der Waals surface area contributed by atoms with E-state index in [1.807, 2.05) is 67.7 Å². The summed E-state index contributed by atoms with van der Waals surface area (Å²) in [5.41, 5.74) is 1.72. The van der Waals surface area contributed by atoms with E-state index in [2.05, 4.69) is 5.32 Å². The maximum Gasteiger partial charge on any atom is 0.332 e. The number of aromatic nitrogens is 2. The Hall–Kier alpha value is -2.42. The van der Waals surface area contributed by atoms with Gasteiger partial charge in [0.1, 0.15) is 12.2 Å². The Balaban J connectivity index is 2.38. The van der Waals surface area contributed by atoms with Crippen molar-refractivity contribution in [2.45, 2.75) is 109 Å². The lowest BCUT2D eigenvalue weighted by molar-refractivity contribution is -0.137. The Morgan fingerprint density at radius 2 is 1.61 bits per heavy atom. The number of nitrogens with one attached hydrogen (secondary N) is 1. The monoisotopic (exact) mass is 674 g/mol. The van der Waals surface area contributed by atoms with Gasteiger partial charge in [-0.1, -0.05) is 41.5 Å². The Bertz CT molecular complexity index is 1600. The minimum absolute atomic E-state index is 0.217. The Morgan fingerprint density at radius 3 is 2.11 bits per heavy atom. The molecule has 1 saturated heterocycles. The zero-order valence-corrected chi connectivity index (χ0v) is 30.4. The number of carbonyl (C=O) groups is 2. The molecule has 1 aromatic heterocycles. The van der Waals surface area contributed by atoms with E-state index in [0.717, 1.165) is 9.13 Å². The number of carbonyl (C=O) groups excluding carboxylic acids is 2. The normalized spacial score (nSPS) is 25.7. The minimum atomic E-state index is -4.50. The molecule has 44 heavy (non-hydrogen) atoms. The summed E-state index contributed by atoms with van der Waals surface area (Å²) in [6, 6.07) is 0. The third-order valence-electron chi connectivity index (χ3n) is 9.26. The van der Waals surface area contributed by atoms with Crippen LogP contribution in [0.5, 0.6) is 0 Å². The number of hydrogen-bond acceptors (Lipinski definition) is 10. The summed E-state index contributed by atoms with van der Waals surface area (Å²) in [7, 11) is -8.53.